The van der Waals surface area contributed by atoms with Gasteiger partial charge in [0, 0.05) is 36.3 Å². The Morgan fingerprint density at radius 3 is 2.56 bits per heavy atom. The van der Waals surface area contributed by atoms with Crippen molar-refractivity contribution in [2.45, 2.75) is 26.3 Å². The van der Waals surface area contributed by atoms with Crippen molar-refractivity contribution in [3.63, 3.8) is 0 Å². The summed E-state index contributed by atoms with van der Waals surface area (Å²) in [4.78, 5) is 19.5. The fraction of sp³-hybridized carbons (Fsp3) is 0.269. The highest BCUT2D eigenvalue weighted by Gasteiger charge is 2.18. The van der Waals surface area contributed by atoms with Crippen molar-refractivity contribution in [3.8, 4) is 11.1 Å². The predicted molar refractivity (Wildman–Crippen MR) is 128 cm³/mol. The van der Waals surface area contributed by atoms with Crippen LogP contribution in [0.2, 0.25) is 0 Å². The summed E-state index contributed by atoms with van der Waals surface area (Å²) in [5, 5.41) is 9.52. The summed E-state index contributed by atoms with van der Waals surface area (Å²) < 4.78 is 1.98. The number of carbonyl (C=O) groups is 1. The Labute approximate surface area is 187 Å². The normalized spacial score (nSPS) is 14.2. The Kier molecular flexibility index (Phi) is 5.45. The van der Waals surface area contributed by atoms with Crippen LogP contribution in [0.25, 0.3) is 21.9 Å². The topological polar surface area (TPSA) is 63.1 Å². The second-order valence-electron chi connectivity index (χ2n) is 8.56. The van der Waals surface area contributed by atoms with Crippen molar-refractivity contribution in [1.82, 2.24) is 19.7 Å². The van der Waals surface area contributed by atoms with Crippen LogP contribution in [0.5, 0.6) is 0 Å². The molecule has 4 aromatic rings. The number of aromatic nitrogens is 3. The van der Waals surface area contributed by atoms with E-state index < -0.39 is 0 Å². The van der Waals surface area contributed by atoms with Gasteiger partial charge in [-0.15, -0.1) is 0 Å². The van der Waals surface area contributed by atoms with Crippen LogP contribution in [-0.2, 0) is 13.6 Å². The summed E-state index contributed by atoms with van der Waals surface area (Å²) >= 11 is 0. The molecule has 1 N–H and O–H groups in total. The first-order chi connectivity index (χ1) is 15.6. The van der Waals surface area contributed by atoms with Gasteiger partial charge >= 0.3 is 0 Å². The Morgan fingerprint density at radius 2 is 1.78 bits per heavy atom. The molecule has 0 spiro atoms. The third-order valence-electron chi connectivity index (χ3n) is 6.22. The maximum atomic E-state index is 12.6. The average Bonchev–Trinajstić information content (AvgIpc) is 3.44. The van der Waals surface area contributed by atoms with Crippen LogP contribution in [0.3, 0.4) is 0 Å². The molecule has 2 aromatic heterocycles. The molecule has 1 fully saturated rings. The number of fused-ring (bicyclic) bond motifs is 1. The van der Waals surface area contributed by atoms with E-state index in [1.165, 1.54) is 18.5 Å². The number of nitrogens with zero attached hydrogens (tertiary/aromatic N) is 4. The summed E-state index contributed by atoms with van der Waals surface area (Å²) in [5.41, 5.74) is 5.25. The van der Waals surface area contributed by atoms with Gasteiger partial charge in [0.2, 0.25) is 0 Å². The summed E-state index contributed by atoms with van der Waals surface area (Å²) in [6.07, 6.45) is 6.30. The van der Waals surface area contributed by atoms with Crippen molar-refractivity contribution in [2.24, 2.45) is 7.05 Å². The van der Waals surface area contributed by atoms with Gasteiger partial charge in [-0.2, -0.15) is 5.10 Å². The largest absolute Gasteiger partial charge is 0.307 e. The minimum atomic E-state index is -0.159. The highest BCUT2D eigenvalue weighted by Crippen LogP contribution is 2.29. The van der Waals surface area contributed by atoms with Crippen LogP contribution in [-0.4, -0.2) is 38.7 Å². The van der Waals surface area contributed by atoms with Crippen molar-refractivity contribution >= 4 is 22.5 Å². The molecule has 5 rings (SSSR count). The van der Waals surface area contributed by atoms with Gasteiger partial charge in [0.15, 0.2) is 0 Å². The Morgan fingerprint density at radius 1 is 1.00 bits per heavy atom. The number of aryl methyl sites for hydroxylation is 2. The van der Waals surface area contributed by atoms with E-state index in [0.717, 1.165) is 47.1 Å². The molecule has 1 amide bonds. The van der Waals surface area contributed by atoms with Gasteiger partial charge in [0.25, 0.3) is 5.91 Å². The first kappa shape index (κ1) is 20.4. The second kappa shape index (κ2) is 8.55. The van der Waals surface area contributed by atoms with Gasteiger partial charge in [0.1, 0.15) is 5.82 Å². The Bertz CT molecular complexity index is 1270. The van der Waals surface area contributed by atoms with Crippen LogP contribution < -0.4 is 5.32 Å². The highest BCUT2D eigenvalue weighted by atomic mass is 16.1. The van der Waals surface area contributed by atoms with Crippen LogP contribution in [0, 0.1) is 6.92 Å². The molecule has 6 nitrogen and oxygen atoms in total. The minimum Gasteiger partial charge on any atom is -0.307 e. The van der Waals surface area contributed by atoms with E-state index in [1.54, 1.807) is 6.20 Å². The van der Waals surface area contributed by atoms with Crippen molar-refractivity contribution < 1.29 is 4.79 Å². The summed E-state index contributed by atoms with van der Waals surface area (Å²) in [6, 6.07) is 15.8. The molecule has 0 aliphatic carbocycles. The molecular weight excluding hydrogens is 398 g/mol. The molecule has 0 atom stereocenters. The Balaban J connectivity index is 1.43. The summed E-state index contributed by atoms with van der Waals surface area (Å²) in [6.45, 7) is 5.22. The van der Waals surface area contributed by atoms with Crippen molar-refractivity contribution in [3.05, 3.63) is 77.7 Å². The van der Waals surface area contributed by atoms with Gasteiger partial charge < -0.3 is 5.32 Å². The number of hydrogen-bond acceptors (Lipinski definition) is 4. The standard InChI is InChI=1S/C26H27N5O/c1-18-5-7-19(8-6-18)26(32)29-25-14-22-13-20(9-10-21(22)15-27-25)23-16-28-30(2)24(23)17-31-11-3-4-12-31/h5-10,13-16H,3-4,11-12,17H2,1-2H3,(H,27,29,32). The molecule has 0 bridgehead atoms. The third-order valence-corrected chi connectivity index (χ3v) is 6.22. The number of anilines is 1. The van der Waals surface area contributed by atoms with Crippen LogP contribution in [0.4, 0.5) is 5.82 Å². The monoisotopic (exact) mass is 425 g/mol. The number of carbonyl (C=O) groups excluding carboxylic acids is 1. The van der Waals surface area contributed by atoms with Crippen LogP contribution >= 0.6 is 0 Å². The molecule has 1 saturated heterocycles. The molecule has 1 aliphatic rings. The summed E-state index contributed by atoms with van der Waals surface area (Å²) in [7, 11) is 2.01. The van der Waals surface area contributed by atoms with E-state index in [1.807, 2.05) is 55.2 Å². The van der Waals surface area contributed by atoms with E-state index in [4.69, 9.17) is 0 Å². The van der Waals surface area contributed by atoms with Crippen LogP contribution in [0.15, 0.2) is 60.9 Å². The summed E-state index contributed by atoms with van der Waals surface area (Å²) in [5.74, 6) is 0.386. The van der Waals surface area contributed by atoms with E-state index in [0.29, 0.717) is 11.4 Å². The lowest BCUT2D eigenvalue weighted by Crippen LogP contribution is -2.20. The molecule has 162 valence electrons. The highest BCUT2D eigenvalue weighted by molar-refractivity contribution is 6.04. The predicted octanol–water partition coefficient (Wildman–Crippen LogP) is 4.79. The van der Waals surface area contributed by atoms with Gasteiger partial charge in [-0.3, -0.25) is 14.4 Å². The SMILES string of the molecule is Cc1ccc(C(=O)Nc2cc3cc(-c4cnn(C)c4CN4CCCC4)ccc3cn2)cc1. The fourth-order valence-electron chi connectivity index (χ4n) is 4.31. The van der Waals surface area contributed by atoms with E-state index in [9.17, 15) is 4.79 Å². The number of amides is 1. The van der Waals surface area contributed by atoms with Gasteiger partial charge in [-0.25, -0.2) is 4.98 Å². The zero-order valence-corrected chi connectivity index (χ0v) is 18.5. The second-order valence-corrected chi connectivity index (χ2v) is 8.56. The maximum Gasteiger partial charge on any atom is 0.256 e. The molecule has 6 heteroatoms. The van der Waals surface area contributed by atoms with Gasteiger partial charge in [-0.05, 0) is 68.1 Å². The number of rotatable bonds is 5. The van der Waals surface area contributed by atoms with E-state index in [2.05, 4.69) is 38.5 Å². The van der Waals surface area contributed by atoms with Gasteiger partial charge in [0.05, 0.1) is 11.9 Å². The molecule has 0 radical (unpaired) electrons. The molecule has 3 heterocycles. The maximum absolute atomic E-state index is 12.6. The fourth-order valence-corrected chi connectivity index (χ4v) is 4.31. The number of likely N-dealkylation sites (tertiary alicyclic amines) is 1. The zero-order chi connectivity index (χ0) is 22.1. The average molecular weight is 426 g/mol. The van der Waals surface area contributed by atoms with Crippen LogP contribution in [0.1, 0.15) is 34.5 Å². The molecule has 0 saturated carbocycles. The lowest BCUT2D eigenvalue weighted by Gasteiger charge is -2.16. The molecule has 32 heavy (non-hydrogen) atoms. The van der Waals surface area contributed by atoms with Gasteiger partial charge in [-0.1, -0.05) is 29.8 Å². The lowest BCUT2D eigenvalue weighted by molar-refractivity contribution is 0.102. The van der Waals surface area contributed by atoms with E-state index >= 15 is 0 Å². The molecular formula is C26H27N5O. The first-order valence-corrected chi connectivity index (χ1v) is 11.1. The lowest BCUT2D eigenvalue weighted by atomic mass is 10.0. The Hall–Kier alpha value is -3.51. The number of nitrogens with one attached hydrogen (secondary N) is 1. The molecule has 0 unspecified atom stereocenters. The number of pyridine rings is 1. The quantitative estimate of drug-likeness (QED) is 0.499. The molecule has 1 aliphatic heterocycles. The smallest absolute Gasteiger partial charge is 0.256 e. The zero-order valence-electron chi connectivity index (χ0n) is 18.5. The third kappa shape index (κ3) is 4.14. The van der Waals surface area contributed by atoms with E-state index in [-0.39, 0.29) is 5.91 Å². The molecule has 2 aromatic carbocycles. The minimum absolute atomic E-state index is 0.159. The number of benzene rings is 2. The first-order valence-electron chi connectivity index (χ1n) is 11.1. The van der Waals surface area contributed by atoms with Crippen molar-refractivity contribution in [2.75, 3.05) is 18.4 Å². The van der Waals surface area contributed by atoms with Crippen molar-refractivity contribution in [1.29, 1.82) is 0 Å². The number of hydrogen-bond donors (Lipinski definition) is 1.